The molecule has 3 heterocycles. The fourth-order valence-electron chi connectivity index (χ4n) is 3.63. The number of halogens is 2. The number of aliphatic hydroxyl groups is 1. The number of pyridine rings is 1. The maximum Gasteiger partial charge on any atom is 0.274 e. The van der Waals surface area contributed by atoms with Gasteiger partial charge < -0.3 is 19.7 Å². The van der Waals surface area contributed by atoms with Gasteiger partial charge in [-0.25, -0.2) is 9.37 Å². The summed E-state index contributed by atoms with van der Waals surface area (Å²) in [5.41, 5.74) is 0.788. The van der Waals surface area contributed by atoms with E-state index >= 15 is 0 Å². The van der Waals surface area contributed by atoms with Gasteiger partial charge in [0.25, 0.3) is 5.91 Å². The fourth-order valence-corrected chi connectivity index (χ4v) is 3.63. The summed E-state index contributed by atoms with van der Waals surface area (Å²) in [5, 5.41) is 16.4. The van der Waals surface area contributed by atoms with Crippen LogP contribution in [0.1, 0.15) is 48.1 Å². The van der Waals surface area contributed by atoms with E-state index in [2.05, 4.69) is 20.4 Å². The second-order valence-electron chi connectivity index (χ2n) is 9.18. The summed E-state index contributed by atoms with van der Waals surface area (Å²) >= 11 is 0. The number of ether oxygens (including phenoxy) is 1. The second-order valence-corrected chi connectivity index (χ2v) is 9.18. The standard InChI is InChI=1S/C24H23F2N5O4/c1-24(2,33)12-34-11-13-6-19(26)31-18(10-27-20(31)7-13)22(32)28-15-5-3-4-14(8-15)21-29-23(35-30-21)16-9-17(16)25/h3-8,10,16-17,33H,9,11-12H2,1-2H3,(H,28,32)/t16-,17-/m0/s1. The summed E-state index contributed by atoms with van der Waals surface area (Å²) in [5.74, 6) is -1.04. The maximum atomic E-state index is 14.9. The second kappa shape index (κ2) is 8.82. The van der Waals surface area contributed by atoms with Gasteiger partial charge in [-0.3, -0.25) is 9.20 Å². The Morgan fingerprint density at radius 2 is 2.14 bits per heavy atom. The topological polar surface area (TPSA) is 115 Å². The number of aromatic nitrogens is 4. The number of nitrogens with one attached hydrogen (secondary N) is 1. The lowest BCUT2D eigenvalue weighted by molar-refractivity contribution is -0.0269. The summed E-state index contributed by atoms with van der Waals surface area (Å²) in [6, 6.07) is 9.61. The zero-order chi connectivity index (χ0) is 24.7. The molecule has 4 aromatic rings. The highest BCUT2D eigenvalue weighted by atomic mass is 19.1. The van der Waals surface area contributed by atoms with Crippen molar-refractivity contribution in [3.63, 3.8) is 0 Å². The average molecular weight is 483 g/mol. The average Bonchev–Trinajstić information content (AvgIpc) is 3.18. The molecule has 3 aromatic heterocycles. The number of nitrogens with zero attached hydrogens (tertiary/aromatic N) is 4. The van der Waals surface area contributed by atoms with E-state index in [4.69, 9.17) is 9.26 Å². The van der Waals surface area contributed by atoms with Gasteiger partial charge in [-0.05, 0) is 50.1 Å². The minimum absolute atomic E-state index is 0.0106. The number of rotatable bonds is 8. The van der Waals surface area contributed by atoms with Crippen molar-refractivity contribution in [2.75, 3.05) is 11.9 Å². The first-order valence-corrected chi connectivity index (χ1v) is 11.0. The number of fused-ring (bicyclic) bond motifs is 1. The van der Waals surface area contributed by atoms with Crippen molar-refractivity contribution < 1.29 is 27.9 Å². The Morgan fingerprint density at radius 1 is 1.34 bits per heavy atom. The Hall–Kier alpha value is -3.70. The number of amides is 1. The maximum absolute atomic E-state index is 14.9. The summed E-state index contributed by atoms with van der Waals surface area (Å²) in [7, 11) is 0. The number of hydrogen-bond donors (Lipinski definition) is 2. The molecule has 0 saturated heterocycles. The molecule has 2 atom stereocenters. The minimum atomic E-state index is -1.00. The van der Waals surface area contributed by atoms with Crippen LogP contribution in [-0.4, -0.2) is 48.9 Å². The predicted octanol–water partition coefficient (Wildman–Crippen LogP) is 3.89. The molecule has 0 aliphatic heterocycles. The van der Waals surface area contributed by atoms with Crippen LogP contribution >= 0.6 is 0 Å². The molecule has 2 N–H and O–H groups in total. The first-order chi connectivity index (χ1) is 16.7. The Labute approximate surface area is 198 Å². The SMILES string of the molecule is CC(C)(O)COCc1cc(F)n2c(C(=O)Nc3cccc(-c4noc([C@H]5C[C@@H]5F)n4)c3)cnc2c1. The lowest BCUT2D eigenvalue weighted by Gasteiger charge is -2.17. The van der Waals surface area contributed by atoms with Gasteiger partial charge >= 0.3 is 0 Å². The van der Waals surface area contributed by atoms with Crippen LogP contribution in [0.25, 0.3) is 17.0 Å². The van der Waals surface area contributed by atoms with Crippen LogP contribution in [0.4, 0.5) is 14.5 Å². The molecule has 0 radical (unpaired) electrons. The first-order valence-electron chi connectivity index (χ1n) is 11.0. The molecular weight excluding hydrogens is 460 g/mol. The van der Waals surface area contributed by atoms with Crippen LogP contribution in [0, 0.1) is 5.95 Å². The molecule has 1 aromatic carbocycles. The van der Waals surface area contributed by atoms with Gasteiger partial charge in [-0.2, -0.15) is 9.37 Å². The van der Waals surface area contributed by atoms with Gasteiger partial charge in [0.2, 0.25) is 11.7 Å². The van der Waals surface area contributed by atoms with E-state index in [-0.39, 0.29) is 42.2 Å². The fraction of sp³-hybridized carbons (Fsp3) is 0.333. The number of benzene rings is 1. The normalized spacial score (nSPS) is 17.6. The molecule has 0 unspecified atom stereocenters. The highest BCUT2D eigenvalue weighted by Gasteiger charge is 2.43. The van der Waals surface area contributed by atoms with Gasteiger partial charge in [0.05, 0.1) is 30.9 Å². The quantitative estimate of drug-likeness (QED) is 0.366. The van der Waals surface area contributed by atoms with E-state index < -0.39 is 23.6 Å². The number of carbonyl (C=O) groups excluding carboxylic acids is 1. The van der Waals surface area contributed by atoms with Crippen LogP contribution in [0.15, 0.2) is 47.1 Å². The molecule has 1 saturated carbocycles. The number of carbonyl (C=O) groups is 1. The third-order valence-corrected chi connectivity index (χ3v) is 5.43. The zero-order valence-corrected chi connectivity index (χ0v) is 19.0. The monoisotopic (exact) mass is 483 g/mol. The summed E-state index contributed by atoms with van der Waals surface area (Å²) < 4.78 is 39.8. The van der Waals surface area contributed by atoms with Crippen molar-refractivity contribution in [1.82, 2.24) is 19.5 Å². The van der Waals surface area contributed by atoms with E-state index in [0.29, 0.717) is 23.2 Å². The van der Waals surface area contributed by atoms with Gasteiger partial charge in [0.1, 0.15) is 17.5 Å². The Bertz CT molecular complexity index is 1390. The summed E-state index contributed by atoms with van der Waals surface area (Å²) in [4.78, 5) is 21.3. The highest BCUT2D eigenvalue weighted by molar-refractivity contribution is 6.03. The first kappa shape index (κ1) is 23.1. The molecule has 1 aliphatic rings. The number of alkyl halides is 1. The third kappa shape index (κ3) is 5.05. The summed E-state index contributed by atoms with van der Waals surface area (Å²) in [6.45, 7) is 3.40. The highest BCUT2D eigenvalue weighted by Crippen LogP contribution is 2.43. The Kier molecular flexibility index (Phi) is 5.81. The lowest BCUT2D eigenvalue weighted by Crippen LogP contribution is -2.25. The van der Waals surface area contributed by atoms with E-state index in [1.54, 1.807) is 44.2 Å². The number of imidazole rings is 1. The molecule has 5 rings (SSSR count). The van der Waals surface area contributed by atoms with E-state index in [1.807, 2.05) is 0 Å². The molecule has 11 heteroatoms. The molecule has 35 heavy (non-hydrogen) atoms. The van der Waals surface area contributed by atoms with E-state index in [9.17, 15) is 18.7 Å². The number of anilines is 1. The van der Waals surface area contributed by atoms with Crippen LogP contribution < -0.4 is 5.32 Å². The van der Waals surface area contributed by atoms with Gasteiger partial charge in [-0.1, -0.05) is 17.3 Å². The molecule has 1 amide bonds. The number of hydrogen-bond acceptors (Lipinski definition) is 7. The Morgan fingerprint density at radius 3 is 2.89 bits per heavy atom. The van der Waals surface area contributed by atoms with Crippen LogP contribution in [0.5, 0.6) is 0 Å². The molecule has 0 spiro atoms. The van der Waals surface area contributed by atoms with E-state index in [1.165, 1.54) is 12.3 Å². The molecule has 1 aliphatic carbocycles. The lowest BCUT2D eigenvalue weighted by atomic mass is 10.2. The Balaban J connectivity index is 1.32. The van der Waals surface area contributed by atoms with Crippen LogP contribution in [0.2, 0.25) is 0 Å². The van der Waals surface area contributed by atoms with Crippen molar-refractivity contribution >= 4 is 17.2 Å². The zero-order valence-electron chi connectivity index (χ0n) is 19.0. The van der Waals surface area contributed by atoms with Crippen molar-refractivity contribution in [3.8, 4) is 11.4 Å². The smallest absolute Gasteiger partial charge is 0.274 e. The predicted molar refractivity (Wildman–Crippen MR) is 121 cm³/mol. The van der Waals surface area contributed by atoms with Crippen molar-refractivity contribution in [2.24, 2.45) is 0 Å². The molecule has 0 bridgehead atoms. The molecular formula is C24H23F2N5O4. The van der Waals surface area contributed by atoms with Crippen molar-refractivity contribution in [3.05, 3.63) is 65.7 Å². The van der Waals surface area contributed by atoms with Gasteiger partial charge in [0, 0.05) is 11.3 Å². The van der Waals surface area contributed by atoms with E-state index in [0.717, 1.165) is 4.40 Å². The third-order valence-electron chi connectivity index (χ3n) is 5.43. The molecule has 182 valence electrons. The van der Waals surface area contributed by atoms with Crippen molar-refractivity contribution in [1.29, 1.82) is 0 Å². The summed E-state index contributed by atoms with van der Waals surface area (Å²) in [6.07, 6.45) is 0.715. The van der Waals surface area contributed by atoms with Crippen LogP contribution in [-0.2, 0) is 11.3 Å². The largest absolute Gasteiger partial charge is 0.388 e. The van der Waals surface area contributed by atoms with Gasteiger partial charge in [0.15, 0.2) is 5.95 Å². The van der Waals surface area contributed by atoms with Crippen LogP contribution in [0.3, 0.4) is 0 Å². The minimum Gasteiger partial charge on any atom is -0.388 e. The molecule has 9 nitrogen and oxygen atoms in total. The van der Waals surface area contributed by atoms with Gasteiger partial charge in [-0.15, -0.1) is 0 Å². The van der Waals surface area contributed by atoms with Crippen molar-refractivity contribution in [2.45, 2.75) is 44.6 Å². The molecule has 1 fully saturated rings.